The van der Waals surface area contributed by atoms with Crippen molar-refractivity contribution >= 4 is 6.09 Å². The van der Waals surface area contributed by atoms with Gasteiger partial charge in [0.1, 0.15) is 16.8 Å². The lowest BCUT2D eigenvalue weighted by atomic mass is 10.1. The van der Waals surface area contributed by atoms with Crippen LogP contribution >= 0.6 is 0 Å². The second kappa shape index (κ2) is 7.38. The molecule has 0 unspecified atom stereocenters. The first-order valence-corrected chi connectivity index (χ1v) is 8.87. The molecule has 0 spiro atoms. The van der Waals surface area contributed by atoms with Crippen LogP contribution in [0.2, 0.25) is 0 Å². The van der Waals surface area contributed by atoms with E-state index in [2.05, 4.69) is 25.4 Å². The Morgan fingerprint density at radius 1 is 1.04 bits per heavy atom. The Kier molecular flexibility index (Phi) is 5.13. The number of amides is 1. The average molecular weight is 381 g/mol. The van der Waals surface area contributed by atoms with Crippen LogP contribution in [0.5, 0.6) is 0 Å². The summed E-state index contributed by atoms with van der Waals surface area (Å²) in [4.78, 5) is 25.1. The van der Waals surface area contributed by atoms with Gasteiger partial charge in [-0.25, -0.2) is 4.79 Å². The van der Waals surface area contributed by atoms with Gasteiger partial charge in [-0.15, -0.1) is 0 Å². The van der Waals surface area contributed by atoms with E-state index < -0.39 is 17.2 Å². The van der Waals surface area contributed by atoms with Crippen LogP contribution in [0.15, 0.2) is 47.2 Å². The molecular formula is C20H23N5O3. The summed E-state index contributed by atoms with van der Waals surface area (Å²) in [5.74, 6) is 0.589. The van der Waals surface area contributed by atoms with Crippen molar-refractivity contribution in [2.75, 3.05) is 0 Å². The fourth-order valence-electron chi connectivity index (χ4n) is 2.40. The highest BCUT2D eigenvalue weighted by Gasteiger charge is 2.32. The van der Waals surface area contributed by atoms with Crippen molar-refractivity contribution < 1.29 is 14.1 Å². The Balaban J connectivity index is 1.75. The first-order valence-electron chi connectivity index (χ1n) is 8.87. The van der Waals surface area contributed by atoms with Gasteiger partial charge in [-0.05, 0) is 58.9 Å². The minimum Gasteiger partial charge on any atom is -0.444 e. The zero-order chi connectivity index (χ0) is 20.4. The normalized spacial score (nSPS) is 11.9. The summed E-state index contributed by atoms with van der Waals surface area (Å²) in [6, 6.07) is 9.38. The molecule has 28 heavy (non-hydrogen) atoms. The van der Waals surface area contributed by atoms with E-state index in [1.807, 2.05) is 24.3 Å². The summed E-state index contributed by atoms with van der Waals surface area (Å²) >= 11 is 0. The van der Waals surface area contributed by atoms with Gasteiger partial charge in [-0.1, -0.05) is 11.2 Å². The maximum Gasteiger partial charge on any atom is 0.408 e. The highest BCUT2D eigenvalue weighted by molar-refractivity contribution is 5.68. The van der Waals surface area contributed by atoms with Crippen molar-refractivity contribution in [3.8, 4) is 22.8 Å². The van der Waals surface area contributed by atoms with Gasteiger partial charge in [-0.3, -0.25) is 9.97 Å². The summed E-state index contributed by atoms with van der Waals surface area (Å²) in [6.45, 7) is 8.90. The number of carbonyl (C=O) groups excluding carboxylic acids is 1. The number of rotatable bonds is 4. The topological polar surface area (TPSA) is 103 Å². The van der Waals surface area contributed by atoms with E-state index in [1.54, 1.807) is 53.1 Å². The van der Waals surface area contributed by atoms with E-state index in [9.17, 15) is 4.79 Å². The molecule has 0 aromatic carbocycles. The number of pyridine rings is 2. The first-order chi connectivity index (χ1) is 13.1. The number of nitrogens with zero attached hydrogens (tertiary/aromatic N) is 4. The zero-order valence-corrected chi connectivity index (χ0v) is 16.6. The minimum absolute atomic E-state index is 0.254. The maximum atomic E-state index is 12.1. The van der Waals surface area contributed by atoms with Gasteiger partial charge >= 0.3 is 6.09 Å². The van der Waals surface area contributed by atoms with Gasteiger partial charge in [0.05, 0.1) is 5.69 Å². The molecule has 146 valence electrons. The molecule has 0 aliphatic heterocycles. The lowest BCUT2D eigenvalue weighted by molar-refractivity contribution is 0.0452. The van der Waals surface area contributed by atoms with Crippen LogP contribution in [0, 0.1) is 0 Å². The molecule has 0 bridgehead atoms. The third-order valence-electron chi connectivity index (χ3n) is 3.73. The highest BCUT2D eigenvalue weighted by atomic mass is 16.6. The van der Waals surface area contributed by atoms with Crippen LogP contribution in [0.3, 0.4) is 0 Å². The minimum atomic E-state index is -0.901. The van der Waals surface area contributed by atoms with E-state index in [-0.39, 0.29) is 5.89 Å². The lowest BCUT2D eigenvalue weighted by Gasteiger charge is -2.25. The van der Waals surface area contributed by atoms with E-state index >= 15 is 0 Å². The standard InChI is InChI=1S/C20H23N5O3/c1-19(2,3)27-18(26)24-20(4,5)17-23-16(25-28-17)15-10-9-13(12-22-15)14-8-6-7-11-21-14/h6-12H,1-5H3,(H,24,26). The van der Waals surface area contributed by atoms with Gasteiger partial charge in [0.25, 0.3) is 5.89 Å². The first kappa shape index (κ1) is 19.5. The molecule has 0 atom stereocenters. The Morgan fingerprint density at radius 3 is 2.43 bits per heavy atom. The van der Waals surface area contributed by atoms with Gasteiger partial charge < -0.3 is 14.6 Å². The molecule has 1 amide bonds. The summed E-state index contributed by atoms with van der Waals surface area (Å²) in [6.07, 6.45) is 2.88. The van der Waals surface area contributed by atoms with Crippen LogP contribution < -0.4 is 5.32 Å². The Morgan fingerprint density at radius 2 is 1.82 bits per heavy atom. The summed E-state index contributed by atoms with van der Waals surface area (Å²) in [5, 5.41) is 6.72. The molecule has 1 N–H and O–H groups in total. The summed E-state index contributed by atoms with van der Waals surface area (Å²) < 4.78 is 10.6. The molecule has 0 aliphatic carbocycles. The number of aromatic nitrogens is 4. The molecule has 0 saturated heterocycles. The number of ether oxygens (including phenoxy) is 1. The second-order valence-electron chi connectivity index (χ2n) is 7.82. The fraction of sp³-hybridized carbons (Fsp3) is 0.350. The smallest absolute Gasteiger partial charge is 0.408 e. The largest absolute Gasteiger partial charge is 0.444 e. The monoisotopic (exact) mass is 381 g/mol. The van der Waals surface area contributed by atoms with Gasteiger partial charge in [0.2, 0.25) is 5.82 Å². The summed E-state index contributed by atoms with van der Waals surface area (Å²) in [7, 11) is 0. The molecule has 3 aromatic heterocycles. The van der Waals surface area contributed by atoms with Crippen LogP contribution in [-0.2, 0) is 10.3 Å². The maximum absolute atomic E-state index is 12.1. The van der Waals surface area contributed by atoms with Crippen molar-refractivity contribution in [3.63, 3.8) is 0 Å². The van der Waals surface area contributed by atoms with Crippen molar-refractivity contribution in [1.82, 2.24) is 25.4 Å². The number of hydrogen-bond donors (Lipinski definition) is 1. The molecule has 3 heterocycles. The van der Waals surface area contributed by atoms with E-state index in [0.717, 1.165) is 11.3 Å². The molecule has 0 aliphatic rings. The van der Waals surface area contributed by atoms with E-state index in [0.29, 0.717) is 11.5 Å². The van der Waals surface area contributed by atoms with Crippen molar-refractivity contribution in [3.05, 3.63) is 48.6 Å². The van der Waals surface area contributed by atoms with E-state index in [1.165, 1.54) is 0 Å². The van der Waals surface area contributed by atoms with E-state index in [4.69, 9.17) is 9.26 Å². The lowest BCUT2D eigenvalue weighted by Crippen LogP contribution is -2.44. The van der Waals surface area contributed by atoms with Crippen molar-refractivity contribution in [2.45, 2.75) is 45.8 Å². The third-order valence-corrected chi connectivity index (χ3v) is 3.73. The Bertz CT molecular complexity index is 944. The van der Waals surface area contributed by atoms with Gasteiger partial charge in [-0.2, -0.15) is 4.98 Å². The van der Waals surface area contributed by atoms with Crippen molar-refractivity contribution in [1.29, 1.82) is 0 Å². The fourth-order valence-corrected chi connectivity index (χ4v) is 2.40. The molecular weight excluding hydrogens is 358 g/mol. The van der Waals surface area contributed by atoms with Gasteiger partial charge in [0.15, 0.2) is 0 Å². The molecule has 3 aromatic rings. The molecule has 0 fully saturated rings. The number of alkyl carbamates (subject to hydrolysis) is 1. The van der Waals surface area contributed by atoms with Gasteiger partial charge in [0, 0.05) is 18.0 Å². The number of carbonyl (C=O) groups is 1. The summed E-state index contributed by atoms with van der Waals surface area (Å²) in [5.41, 5.74) is 0.779. The predicted molar refractivity (Wildman–Crippen MR) is 103 cm³/mol. The Hall–Kier alpha value is -3.29. The molecule has 8 nitrogen and oxygen atoms in total. The zero-order valence-electron chi connectivity index (χ0n) is 16.6. The molecule has 8 heteroatoms. The van der Waals surface area contributed by atoms with Crippen molar-refractivity contribution in [2.24, 2.45) is 0 Å². The van der Waals surface area contributed by atoms with Crippen LogP contribution in [-0.4, -0.2) is 31.8 Å². The number of hydrogen-bond acceptors (Lipinski definition) is 7. The molecule has 3 rings (SSSR count). The van der Waals surface area contributed by atoms with Crippen LogP contribution in [0.1, 0.15) is 40.5 Å². The third kappa shape index (κ3) is 4.70. The number of nitrogens with one attached hydrogen (secondary N) is 1. The molecule has 0 saturated carbocycles. The molecule has 0 radical (unpaired) electrons. The van der Waals surface area contributed by atoms with Crippen LogP contribution in [0.25, 0.3) is 22.8 Å². The second-order valence-corrected chi connectivity index (χ2v) is 7.82. The quantitative estimate of drug-likeness (QED) is 0.729. The highest BCUT2D eigenvalue weighted by Crippen LogP contribution is 2.23. The SMILES string of the molecule is CC(C)(C)OC(=O)NC(C)(C)c1nc(-c2ccc(-c3ccccn3)cn2)no1. The van der Waals surface area contributed by atoms with Crippen LogP contribution in [0.4, 0.5) is 4.79 Å². The average Bonchev–Trinajstić information content (AvgIpc) is 3.11. The predicted octanol–water partition coefficient (Wildman–Crippen LogP) is 3.95. The Labute approximate surface area is 163 Å².